The molecule has 2 aromatic rings. The molecule has 0 unspecified atom stereocenters. The van der Waals surface area contributed by atoms with Gasteiger partial charge in [0, 0.05) is 22.9 Å². The van der Waals surface area contributed by atoms with Crippen LogP contribution < -0.4 is 9.47 Å². The van der Waals surface area contributed by atoms with E-state index in [2.05, 4.69) is 45.0 Å². The first kappa shape index (κ1) is 22.5. The summed E-state index contributed by atoms with van der Waals surface area (Å²) in [6.07, 6.45) is -0.450. The Hall–Kier alpha value is -1.79. The van der Waals surface area contributed by atoms with Gasteiger partial charge in [0.2, 0.25) is 0 Å². The van der Waals surface area contributed by atoms with E-state index < -0.39 is 6.09 Å². The van der Waals surface area contributed by atoms with Crippen LogP contribution in [0.1, 0.15) is 47.1 Å². The Kier molecular flexibility index (Phi) is 7.34. The number of hydrogen-bond donors (Lipinski definition) is 0. The van der Waals surface area contributed by atoms with Crippen molar-refractivity contribution in [1.82, 2.24) is 4.31 Å². The maximum absolute atomic E-state index is 12.5. The van der Waals surface area contributed by atoms with Gasteiger partial charge in [-0.15, -0.1) is 0 Å². The molecule has 0 aromatic heterocycles. The van der Waals surface area contributed by atoms with Crippen LogP contribution in [0.5, 0.6) is 11.5 Å². The molecule has 28 heavy (non-hydrogen) atoms. The molecule has 0 atom stereocenters. The summed E-state index contributed by atoms with van der Waals surface area (Å²) in [4.78, 5) is 13.5. The molecule has 4 nitrogen and oxygen atoms in total. The maximum atomic E-state index is 12.5. The zero-order valence-electron chi connectivity index (χ0n) is 17.6. The summed E-state index contributed by atoms with van der Waals surface area (Å²) < 4.78 is 12.9. The SMILES string of the molecule is CN(SSc1ccc(C(C)(C)C)cc1)C(=O)Oc1ccccc1OC(C)(C)C. The van der Waals surface area contributed by atoms with E-state index in [0.29, 0.717) is 11.5 Å². The normalized spacial score (nSPS) is 11.8. The number of carbonyl (C=O) groups excluding carboxylic acids is 1. The number of benzene rings is 2. The first-order valence-corrected chi connectivity index (χ1v) is 11.3. The lowest BCUT2D eigenvalue weighted by molar-refractivity contribution is 0.123. The highest BCUT2D eigenvalue weighted by Gasteiger charge is 2.19. The summed E-state index contributed by atoms with van der Waals surface area (Å²) in [7, 11) is 4.53. The fraction of sp³-hybridized carbons (Fsp3) is 0.409. The van der Waals surface area contributed by atoms with E-state index in [1.165, 1.54) is 31.6 Å². The van der Waals surface area contributed by atoms with E-state index in [1.54, 1.807) is 19.2 Å². The number of para-hydroxylation sites is 2. The Morgan fingerprint density at radius 1 is 0.893 bits per heavy atom. The van der Waals surface area contributed by atoms with Crippen LogP contribution in [0.3, 0.4) is 0 Å². The summed E-state index contributed by atoms with van der Waals surface area (Å²) in [6.45, 7) is 12.4. The standard InChI is InChI=1S/C22H29NO3S2/c1-21(2,3)16-12-14-17(15-13-16)27-28-23(7)20(24)25-18-10-8-9-11-19(18)26-22(4,5)6/h8-15H,1-7H3. The molecule has 152 valence electrons. The van der Waals surface area contributed by atoms with Crippen molar-refractivity contribution in [3.8, 4) is 11.5 Å². The van der Waals surface area contributed by atoms with Crippen molar-refractivity contribution in [3.63, 3.8) is 0 Å². The van der Waals surface area contributed by atoms with Crippen LogP contribution in [0.15, 0.2) is 53.4 Å². The molecule has 0 bridgehead atoms. The van der Waals surface area contributed by atoms with Crippen LogP contribution in [0.25, 0.3) is 0 Å². The maximum Gasteiger partial charge on any atom is 0.425 e. The molecule has 6 heteroatoms. The zero-order valence-corrected chi connectivity index (χ0v) is 19.2. The van der Waals surface area contributed by atoms with E-state index in [4.69, 9.17) is 9.47 Å². The van der Waals surface area contributed by atoms with Crippen molar-refractivity contribution in [3.05, 3.63) is 54.1 Å². The van der Waals surface area contributed by atoms with Crippen LogP contribution >= 0.6 is 21.8 Å². The Morgan fingerprint density at radius 3 is 2.00 bits per heavy atom. The van der Waals surface area contributed by atoms with Gasteiger partial charge >= 0.3 is 6.09 Å². The molecule has 0 aliphatic heterocycles. The molecule has 0 N–H and O–H groups in total. The van der Waals surface area contributed by atoms with Crippen molar-refractivity contribution in [2.75, 3.05) is 7.05 Å². The van der Waals surface area contributed by atoms with Crippen molar-refractivity contribution in [2.45, 2.75) is 57.5 Å². The minimum Gasteiger partial charge on any atom is -0.484 e. The fourth-order valence-electron chi connectivity index (χ4n) is 2.25. The molecular formula is C22H29NO3S2. The van der Waals surface area contributed by atoms with Crippen molar-refractivity contribution in [2.24, 2.45) is 0 Å². The Morgan fingerprint density at radius 2 is 1.46 bits per heavy atom. The molecule has 2 rings (SSSR count). The second-order valence-electron chi connectivity index (χ2n) is 8.46. The van der Waals surface area contributed by atoms with E-state index in [0.717, 1.165) is 4.90 Å². The molecule has 0 fully saturated rings. The smallest absolute Gasteiger partial charge is 0.425 e. The molecule has 0 aliphatic carbocycles. The number of hydrogen-bond acceptors (Lipinski definition) is 5. The number of carbonyl (C=O) groups is 1. The Bertz CT molecular complexity index is 793. The number of rotatable bonds is 5. The zero-order chi connectivity index (χ0) is 20.9. The first-order valence-electron chi connectivity index (χ1n) is 9.14. The predicted octanol–water partition coefficient (Wildman–Crippen LogP) is 6.95. The molecule has 0 radical (unpaired) electrons. The molecule has 0 aliphatic rings. The minimum atomic E-state index is -0.450. The van der Waals surface area contributed by atoms with Gasteiger partial charge in [-0.25, -0.2) is 9.10 Å². The van der Waals surface area contributed by atoms with Crippen LogP contribution in [0.4, 0.5) is 4.79 Å². The lowest BCUT2D eigenvalue weighted by Crippen LogP contribution is -2.25. The Balaban J connectivity index is 1.95. The molecular weight excluding hydrogens is 390 g/mol. The summed E-state index contributed by atoms with van der Waals surface area (Å²) in [6, 6.07) is 15.6. The van der Waals surface area contributed by atoms with Gasteiger partial charge in [-0.05, 0) is 66.8 Å². The van der Waals surface area contributed by atoms with Crippen molar-refractivity contribution < 1.29 is 14.3 Å². The summed E-state index contributed by atoms with van der Waals surface area (Å²) >= 11 is 0. The van der Waals surface area contributed by atoms with E-state index in [9.17, 15) is 4.79 Å². The van der Waals surface area contributed by atoms with Gasteiger partial charge in [0.25, 0.3) is 0 Å². The summed E-state index contributed by atoms with van der Waals surface area (Å²) in [5.74, 6) is 0.960. The number of amides is 1. The average molecular weight is 420 g/mol. The Labute approximate surface area is 176 Å². The van der Waals surface area contributed by atoms with E-state index >= 15 is 0 Å². The predicted molar refractivity (Wildman–Crippen MR) is 119 cm³/mol. The van der Waals surface area contributed by atoms with Crippen LogP contribution in [-0.4, -0.2) is 23.0 Å². The lowest BCUT2D eigenvalue weighted by Gasteiger charge is -2.23. The van der Waals surface area contributed by atoms with Crippen molar-refractivity contribution in [1.29, 1.82) is 0 Å². The molecule has 1 amide bonds. The third-order valence-corrected chi connectivity index (χ3v) is 6.07. The molecule has 0 spiro atoms. The monoisotopic (exact) mass is 419 g/mol. The van der Waals surface area contributed by atoms with Gasteiger partial charge in [0.05, 0.1) is 0 Å². The highest BCUT2D eigenvalue weighted by molar-refractivity contribution is 8.75. The second-order valence-corrected chi connectivity index (χ2v) is 10.7. The second kappa shape index (κ2) is 9.14. The van der Waals surface area contributed by atoms with Gasteiger partial charge in [-0.3, -0.25) is 0 Å². The van der Waals surface area contributed by atoms with Gasteiger partial charge < -0.3 is 9.47 Å². The van der Waals surface area contributed by atoms with Gasteiger partial charge in [0.1, 0.15) is 5.60 Å². The highest BCUT2D eigenvalue weighted by atomic mass is 33.1. The van der Waals surface area contributed by atoms with Crippen LogP contribution in [0, 0.1) is 0 Å². The van der Waals surface area contributed by atoms with E-state index in [-0.39, 0.29) is 11.0 Å². The largest absolute Gasteiger partial charge is 0.484 e. The lowest BCUT2D eigenvalue weighted by atomic mass is 9.87. The highest BCUT2D eigenvalue weighted by Crippen LogP contribution is 2.36. The third-order valence-electron chi connectivity index (χ3n) is 3.69. The topological polar surface area (TPSA) is 38.8 Å². The third kappa shape index (κ3) is 6.99. The van der Waals surface area contributed by atoms with Gasteiger partial charge in [-0.1, -0.05) is 45.0 Å². The van der Waals surface area contributed by atoms with Crippen molar-refractivity contribution >= 4 is 27.9 Å². The van der Waals surface area contributed by atoms with Gasteiger partial charge in [-0.2, -0.15) is 0 Å². The first-order chi connectivity index (χ1) is 13.0. The number of ether oxygens (including phenoxy) is 2. The van der Waals surface area contributed by atoms with Gasteiger partial charge in [0.15, 0.2) is 11.5 Å². The molecule has 0 heterocycles. The minimum absolute atomic E-state index is 0.124. The average Bonchev–Trinajstić information content (AvgIpc) is 2.59. The quantitative estimate of drug-likeness (QED) is 0.387. The summed E-state index contributed by atoms with van der Waals surface area (Å²) in [5.41, 5.74) is 1.03. The van der Waals surface area contributed by atoms with Crippen LogP contribution in [-0.2, 0) is 5.41 Å². The molecule has 0 saturated carbocycles. The van der Waals surface area contributed by atoms with Crippen LogP contribution in [0.2, 0.25) is 0 Å². The number of nitrogens with zero attached hydrogens (tertiary/aromatic N) is 1. The summed E-state index contributed by atoms with van der Waals surface area (Å²) in [5, 5.41) is 0. The molecule has 0 saturated heterocycles. The fourth-order valence-corrected chi connectivity index (χ4v) is 3.90. The molecule has 2 aromatic carbocycles. The van der Waals surface area contributed by atoms with E-state index in [1.807, 2.05) is 32.9 Å².